The summed E-state index contributed by atoms with van der Waals surface area (Å²) >= 11 is 6.64. The van der Waals surface area contributed by atoms with E-state index >= 15 is 0 Å². The molecule has 0 aromatic heterocycles. The van der Waals surface area contributed by atoms with Crippen LogP contribution in [0, 0.1) is 0 Å². The summed E-state index contributed by atoms with van der Waals surface area (Å²) in [6.45, 7) is 4.70. The van der Waals surface area contributed by atoms with E-state index < -0.39 is 11.9 Å². The number of rotatable bonds is 8. The minimum Gasteiger partial charge on any atom is -0.462 e. The average Bonchev–Trinajstić information content (AvgIpc) is 2.46. The summed E-state index contributed by atoms with van der Waals surface area (Å²) in [6, 6.07) is 3.29. The molecule has 4 nitrogen and oxygen atoms in total. The molecule has 0 atom stereocenters. The third kappa shape index (κ3) is 5.72. The Morgan fingerprint density at radius 1 is 0.955 bits per heavy atom. The van der Waals surface area contributed by atoms with Crippen LogP contribution in [0.15, 0.2) is 21.1 Å². The highest BCUT2D eigenvalue weighted by Crippen LogP contribution is 2.27. The molecule has 22 heavy (non-hydrogen) atoms. The Kier molecular flexibility index (Phi) is 8.71. The van der Waals surface area contributed by atoms with Gasteiger partial charge in [-0.05, 0) is 40.9 Å². The summed E-state index contributed by atoms with van der Waals surface area (Å²) in [4.78, 5) is 24.4. The summed E-state index contributed by atoms with van der Waals surface area (Å²) < 4.78 is 11.6. The van der Waals surface area contributed by atoms with Gasteiger partial charge in [0.25, 0.3) is 0 Å². The van der Waals surface area contributed by atoms with Crippen LogP contribution in [0.25, 0.3) is 0 Å². The van der Waals surface area contributed by atoms with E-state index in [9.17, 15) is 9.59 Å². The summed E-state index contributed by atoms with van der Waals surface area (Å²) in [6.07, 6.45) is 3.44. The molecule has 0 bridgehead atoms. The minimum atomic E-state index is -0.518. The standard InChI is InChI=1S/C16H20Br2O4/c1-3-5-7-21-15(19)12-9-11(17)10-13(18)14(12)16(20)22-8-6-4-2/h9-10H,3-8H2,1-2H3. The smallest absolute Gasteiger partial charge is 0.340 e. The molecule has 0 aliphatic carbocycles. The first-order valence-corrected chi connectivity index (χ1v) is 8.93. The number of benzene rings is 1. The van der Waals surface area contributed by atoms with Gasteiger partial charge in [-0.1, -0.05) is 42.6 Å². The van der Waals surface area contributed by atoms with Crippen LogP contribution >= 0.6 is 31.9 Å². The topological polar surface area (TPSA) is 52.6 Å². The predicted molar refractivity (Wildman–Crippen MR) is 92.2 cm³/mol. The molecule has 0 amide bonds. The van der Waals surface area contributed by atoms with Gasteiger partial charge in [-0.25, -0.2) is 9.59 Å². The van der Waals surface area contributed by atoms with Crippen molar-refractivity contribution in [3.8, 4) is 0 Å². The molecule has 0 aliphatic heterocycles. The van der Waals surface area contributed by atoms with Gasteiger partial charge in [0.2, 0.25) is 0 Å². The van der Waals surface area contributed by atoms with Crippen LogP contribution in [0.2, 0.25) is 0 Å². The number of halogens is 2. The molecule has 0 saturated carbocycles. The maximum absolute atomic E-state index is 12.2. The third-order valence-corrected chi connectivity index (χ3v) is 4.02. The lowest BCUT2D eigenvalue weighted by Gasteiger charge is -2.12. The van der Waals surface area contributed by atoms with Gasteiger partial charge in [0.1, 0.15) is 0 Å². The van der Waals surface area contributed by atoms with Crippen molar-refractivity contribution in [1.82, 2.24) is 0 Å². The van der Waals surface area contributed by atoms with Crippen LogP contribution in [0.3, 0.4) is 0 Å². The maximum atomic E-state index is 12.2. The third-order valence-electron chi connectivity index (χ3n) is 2.94. The van der Waals surface area contributed by atoms with Crippen molar-refractivity contribution in [3.63, 3.8) is 0 Å². The molecular weight excluding hydrogens is 416 g/mol. The molecule has 0 aliphatic rings. The van der Waals surface area contributed by atoms with Crippen LogP contribution in [-0.4, -0.2) is 25.2 Å². The number of hydrogen-bond donors (Lipinski definition) is 0. The normalized spacial score (nSPS) is 10.4. The summed E-state index contributed by atoms with van der Waals surface area (Å²) in [5.41, 5.74) is 0.416. The first kappa shape index (κ1) is 19.2. The van der Waals surface area contributed by atoms with Crippen molar-refractivity contribution in [2.45, 2.75) is 39.5 Å². The molecule has 0 spiro atoms. The van der Waals surface area contributed by atoms with E-state index in [1.165, 1.54) is 0 Å². The van der Waals surface area contributed by atoms with Gasteiger partial charge in [0.15, 0.2) is 0 Å². The Hall–Kier alpha value is -0.880. The predicted octanol–water partition coefficient (Wildman–Crippen LogP) is 5.13. The van der Waals surface area contributed by atoms with Crippen LogP contribution in [0.1, 0.15) is 60.2 Å². The van der Waals surface area contributed by atoms with Crippen molar-refractivity contribution in [1.29, 1.82) is 0 Å². The SMILES string of the molecule is CCCCOC(=O)c1cc(Br)cc(Br)c1C(=O)OCCCC. The zero-order valence-electron chi connectivity index (χ0n) is 12.8. The van der Waals surface area contributed by atoms with E-state index in [4.69, 9.17) is 9.47 Å². The molecule has 0 heterocycles. The van der Waals surface area contributed by atoms with Gasteiger partial charge in [-0.2, -0.15) is 0 Å². The van der Waals surface area contributed by atoms with E-state index in [0.29, 0.717) is 22.2 Å². The second kappa shape index (κ2) is 10.0. The van der Waals surface area contributed by atoms with E-state index in [-0.39, 0.29) is 11.1 Å². The molecule has 0 radical (unpaired) electrons. The minimum absolute atomic E-state index is 0.207. The Labute approximate surface area is 147 Å². The van der Waals surface area contributed by atoms with Crippen LogP contribution in [-0.2, 0) is 9.47 Å². The van der Waals surface area contributed by atoms with Crippen molar-refractivity contribution in [2.24, 2.45) is 0 Å². The highest BCUT2D eigenvalue weighted by molar-refractivity contribution is 9.11. The lowest BCUT2D eigenvalue weighted by atomic mass is 10.1. The Bertz CT molecular complexity index is 529. The zero-order valence-corrected chi connectivity index (χ0v) is 16.0. The van der Waals surface area contributed by atoms with Crippen molar-refractivity contribution >= 4 is 43.8 Å². The lowest BCUT2D eigenvalue weighted by molar-refractivity contribution is 0.0451. The van der Waals surface area contributed by atoms with E-state index in [2.05, 4.69) is 31.9 Å². The summed E-state index contributed by atoms with van der Waals surface area (Å²) in [5, 5.41) is 0. The quantitative estimate of drug-likeness (QED) is 0.419. The fraction of sp³-hybridized carbons (Fsp3) is 0.500. The van der Waals surface area contributed by atoms with Gasteiger partial charge >= 0.3 is 11.9 Å². The van der Waals surface area contributed by atoms with Gasteiger partial charge in [0.05, 0.1) is 24.3 Å². The highest BCUT2D eigenvalue weighted by atomic mass is 79.9. The number of carbonyl (C=O) groups is 2. The Morgan fingerprint density at radius 2 is 1.50 bits per heavy atom. The Balaban J connectivity index is 2.99. The van der Waals surface area contributed by atoms with Gasteiger partial charge in [-0.3, -0.25) is 0 Å². The average molecular weight is 436 g/mol. The first-order chi connectivity index (χ1) is 10.5. The maximum Gasteiger partial charge on any atom is 0.340 e. The fourth-order valence-corrected chi connectivity index (χ4v) is 3.10. The number of ether oxygens (including phenoxy) is 2. The van der Waals surface area contributed by atoms with Crippen molar-refractivity contribution < 1.29 is 19.1 Å². The van der Waals surface area contributed by atoms with Crippen LogP contribution in [0.5, 0.6) is 0 Å². The second-order valence-electron chi connectivity index (χ2n) is 4.79. The van der Waals surface area contributed by atoms with E-state index in [0.717, 1.165) is 25.7 Å². The van der Waals surface area contributed by atoms with Crippen LogP contribution < -0.4 is 0 Å². The largest absolute Gasteiger partial charge is 0.462 e. The number of carbonyl (C=O) groups excluding carboxylic acids is 2. The summed E-state index contributed by atoms with van der Waals surface area (Å²) in [5.74, 6) is -1.03. The highest BCUT2D eigenvalue weighted by Gasteiger charge is 2.23. The Morgan fingerprint density at radius 3 is 2.05 bits per heavy atom. The molecule has 0 saturated heterocycles. The molecule has 1 aromatic rings. The zero-order chi connectivity index (χ0) is 16.5. The van der Waals surface area contributed by atoms with Gasteiger partial charge in [0, 0.05) is 8.95 Å². The molecule has 6 heteroatoms. The lowest BCUT2D eigenvalue weighted by Crippen LogP contribution is -2.16. The molecule has 0 fully saturated rings. The molecule has 1 aromatic carbocycles. The fourth-order valence-electron chi connectivity index (χ4n) is 1.71. The second-order valence-corrected chi connectivity index (χ2v) is 6.56. The molecular formula is C16H20Br2O4. The van der Waals surface area contributed by atoms with Gasteiger partial charge in [-0.15, -0.1) is 0 Å². The van der Waals surface area contributed by atoms with Crippen molar-refractivity contribution in [2.75, 3.05) is 13.2 Å². The van der Waals surface area contributed by atoms with E-state index in [1.807, 2.05) is 13.8 Å². The van der Waals surface area contributed by atoms with E-state index in [1.54, 1.807) is 12.1 Å². The summed E-state index contributed by atoms with van der Waals surface area (Å²) in [7, 11) is 0. The van der Waals surface area contributed by atoms with Gasteiger partial charge < -0.3 is 9.47 Å². The molecule has 1 rings (SSSR count). The number of esters is 2. The molecule has 0 unspecified atom stereocenters. The monoisotopic (exact) mass is 434 g/mol. The van der Waals surface area contributed by atoms with Crippen LogP contribution in [0.4, 0.5) is 0 Å². The number of unbranched alkanes of at least 4 members (excludes halogenated alkanes) is 2. The first-order valence-electron chi connectivity index (χ1n) is 7.34. The number of hydrogen-bond acceptors (Lipinski definition) is 4. The molecule has 0 N–H and O–H groups in total. The molecule has 122 valence electrons. The van der Waals surface area contributed by atoms with Crippen molar-refractivity contribution in [3.05, 3.63) is 32.2 Å².